The number of nitrogens with zero attached hydrogens (tertiary/aromatic N) is 2. The lowest BCUT2D eigenvalue weighted by Crippen LogP contribution is -2.50. The average molecular weight is 349 g/mol. The molecule has 0 saturated carbocycles. The average Bonchev–Trinajstić information content (AvgIpc) is 2.85. The molecule has 2 N–H and O–H groups in total. The number of imide groups is 1. The van der Waals surface area contributed by atoms with Gasteiger partial charge in [-0.05, 0) is 12.5 Å². The minimum absolute atomic E-state index is 0.135. The highest BCUT2D eigenvalue weighted by Gasteiger charge is 2.62. The van der Waals surface area contributed by atoms with Gasteiger partial charge in [-0.1, -0.05) is 18.2 Å². The van der Waals surface area contributed by atoms with Crippen LogP contribution in [-0.2, 0) is 24.5 Å². The largest absolute Gasteiger partial charge is 0.444 e. The van der Waals surface area contributed by atoms with E-state index in [0.717, 1.165) is 4.90 Å². The van der Waals surface area contributed by atoms with Gasteiger partial charge in [-0.15, -0.1) is 0 Å². The maximum absolute atomic E-state index is 13.5. The molecule has 2 aliphatic heterocycles. The Labute approximate surface area is 149 Å². The Hall–Kier alpha value is -3.40. The third-order valence-corrected chi connectivity index (χ3v) is 5.09. The van der Waals surface area contributed by atoms with E-state index in [1.54, 1.807) is 24.3 Å². The second-order valence-corrected chi connectivity index (χ2v) is 6.45. The number of para-hydroxylation sites is 1. The van der Waals surface area contributed by atoms with Gasteiger partial charge in [0.2, 0.25) is 11.8 Å². The van der Waals surface area contributed by atoms with E-state index in [4.69, 9.17) is 10.5 Å². The number of carbonyl (C=O) groups is 3. The Balaban J connectivity index is 2.15. The van der Waals surface area contributed by atoms with E-state index < -0.39 is 17.2 Å². The highest BCUT2D eigenvalue weighted by atomic mass is 16.5. The topological polar surface area (TPSA) is 113 Å². The van der Waals surface area contributed by atoms with E-state index in [9.17, 15) is 19.6 Å². The third-order valence-electron chi connectivity index (χ3n) is 5.09. The summed E-state index contributed by atoms with van der Waals surface area (Å²) in [6.45, 7) is 1.27. The number of benzene rings is 1. The number of rotatable bonds is 0. The summed E-state index contributed by atoms with van der Waals surface area (Å²) in [5.74, 6) is -1.30. The first-order valence-electron chi connectivity index (χ1n) is 8.24. The van der Waals surface area contributed by atoms with Crippen LogP contribution in [0.4, 0.5) is 5.69 Å². The van der Waals surface area contributed by atoms with Gasteiger partial charge in [0.15, 0.2) is 5.78 Å². The Morgan fingerprint density at radius 2 is 2.04 bits per heavy atom. The van der Waals surface area contributed by atoms with Crippen LogP contribution < -0.4 is 10.6 Å². The summed E-state index contributed by atoms with van der Waals surface area (Å²) in [6.07, 6.45) is 1.27. The second kappa shape index (κ2) is 5.30. The van der Waals surface area contributed by atoms with Crippen LogP contribution in [0.1, 0.15) is 31.7 Å². The summed E-state index contributed by atoms with van der Waals surface area (Å²) in [5.41, 5.74) is 5.01. The standard InChI is InChI=1S/C19H15N3O4/c1-10(23)22-13-6-3-2-5-11(13)19(18(22)25)12(9-20)17(21)26-15-8-4-7-14(24)16(15)19/h2-3,5-6H,4,7-8,21H2,1H3. The Bertz CT molecular complexity index is 998. The molecule has 0 radical (unpaired) electrons. The molecular weight excluding hydrogens is 334 g/mol. The van der Waals surface area contributed by atoms with Crippen molar-refractivity contribution in [3.05, 3.63) is 52.6 Å². The van der Waals surface area contributed by atoms with Gasteiger partial charge in [-0.25, -0.2) is 4.90 Å². The Morgan fingerprint density at radius 1 is 1.31 bits per heavy atom. The van der Waals surface area contributed by atoms with E-state index in [2.05, 4.69) is 0 Å². The minimum Gasteiger partial charge on any atom is -0.444 e. The molecule has 2 heterocycles. The number of ether oxygens (including phenoxy) is 1. The molecule has 1 atom stereocenters. The van der Waals surface area contributed by atoms with Crippen LogP contribution in [0.25, 0.3) is 0 Å². The molecule has 1 unspecified atom stereocenters. The Kier molecular flexibility index (Phi) is 3.28. The van der Waals surface area contributed by atoms with Crippen LogP contribution in [0.15, 0.2) is 47.1 Å². The number of anilines is 1. The van der Waals surface area contributed by atoms with Gasteiger partial charge in [0.05, 0.1) is 11.3 Å². The Morgan fingerprint density at radius 3 is 2.73 bits per heavy atom. The van der Waals surface area contributed by atoms with Crippen LogP contribution in [0.2, 0.25) is 0 Å². The molecule has 1 aromatic rings. The zero-order chi connectivity index (χ0) is 18.6. The van der Waals surface area contributed by atoms with Crippen LogP contribution in [0.3, 0.4) is 0 Å². The fourth-order valence-corrected chi connectivity index (χ4v) is 4.14. The number of fused-ring (bicyclic) bond motifs is 3. The molecule has 0 aromatic heterocycles. The summed E-state index contributed by atoms with van der Waals surface area (Å²) in [4.78, 5) is 39.6. The number of carbonyl (C=O) groups excluding carboxylic acids is 3. The van der Waals surface area contributed by atoms with Crippen molar-refractivity contribution in [2.75, 3.05) is 4.90 Å². The van der Waals surface area contributed by atoms with Gasteiger partial charge >= 0.3 is 0 Å². The maximum Gasteiger partial charge on any atom is 0.254 e. The lowest BCUT2D eigenvalue weighted by Gasteiger charge is -2.37. The zero-order valence-electron chi connectivity index (χ0n) is 14.0. The summed E-state index contributed by atoms with van der Waals surface area (Å²) < 4.78 is 5.55. The van der Waals surface area contributed by atoms with Crippen molar-refractivity contribution in [2.45, 2.75) is 31.6 Å². The maximum atomic E-state index is 13.5. The van der Waals surface area contributed by atoms with Gasteiger partial charge in [-0.3, -0.25) is 14.4 Å². The van der Waals surface area contributed by atoms with Crippen molar-refractivity contribution < 1.29 is 19.1 Å². The van der Waals surface area contributed by atoms with Crippen LogP contribution in [-0.4, -0.2) is 17.6 Å². The predicted molar refractivity (Wildman–Crippen MR) is 90.1 cm³/mol. The zero-order valence-corrected chi connectivity index (χ0v) is 14.0. The quantitative estimate of drug-likeness (QED) is 0.760. The van der Waals surface area contributed by atoms with E-state index in [-0.39, 0.29) is 29.2 Å². The first-order chi connectivity index (χ1) is 12.4. The van der Waals surface area contributed by atoms with E-state index in [1.165, 1.54) is 6.92 Å². The predicted octanol–water partition coefficient (Wildman–Crippen LogP) is 1.55. The molecule has 1 aromatic carbocycles. The number of amides is 2. The summed E-state index contributed by atoms with van der Waals surface area (Å²) in [6, 6.07) is 8.62. The second-order valence-electron chi connectivity index (χ2n) is 6.45. The number of hydrogen-bond donors (Lipinski definition) is 1. The molecule has 0 fully saturated rings. The molecular formula is C19H15N3O4. The first-order valence-corrected chi connectivity index (χ1v) is 8.24. The van der Waals surface area contributed by atoms with E-state index in [0.29, 0.717) is 29.9 Å². The molecule has 2 amide bonds. The van der Waals surface area contributed by atoms with Crippen LogP contribution >= 0.6 is 0 Å². The molecule has 26 heavy (non-hydrogen) atoms. The number of nitriles is 1. The lowest BCUT2D eigenvalue weighted by atomic mass is 9.65. The first kappa shape index (κ1) is 16.1. The summed E-state index contributed by atoms with van der Waals surface area (Å²) >= 11 is 0. The van der Waals surface area contributed by atoms with Crippen molar-refractivity contribution in [3.8, 4) is 6.07 Å². The van der Waals surface area contributed by atoms with Crippen molar-refractivity contribution in [1.82, 2.24) is 0 Å². The molecule has 7 heteroatoms. The van der Waals surface area contributed by atoms with Crippen molar-refractivity contribution in [3.63, 3.8) is 0 Å². The third kappa shape index (κ3) is 1.73. The van der Waals surface area contributed by atoms with Gasteiger partial charge in [0.25, 0.3) is 5.91 Å². The molecule has 3 aliphatic rings. The van der Waals surface area contributed by atoms with Crippen LogP contribution in [0, 0.1) is 11.3 Å². The molecule has 1 aliphatic carbocycles. The normalized spacial score (nSPS) is 24.4. The number of ketones is 1. The number of allylic oxidation sites excluding steroid dienone is 1. The summed E-state index contributed by atoms with van der Waals surface area (Å²) in [7, 11) is 0. The van der Waals surface area contributed by atoms with Crippen molar-refractivity contribution in [1.29, 1.82) is 5.26 Å². The smallest absolute Gasteiger partial charge is 0.254 e. The highest BCUT2D eigenvalue weighted by Crippen LogP contribution is 2.55. The van der Waals surface area contributed by atoms with Crippen molar-refractivity contribution in [2.24, 2.45) is 5.73 Å². The molecule has 0 saturated heterocycles. The minimum atomic E-state index is -1.72. The number of hydrogen-bond acceptors (Lipinski definition) is 6. The molecule has 130 valence electrons. The van der Waals surface area contributed by atoms with Gasteiger partial charge < -0.3 is 10.5 Å². The monoisotopic (exact) mass is 349 g/mol. The van der Waals surface area contributed by atoms with Crippen molar-refractivity contribution >= 4 is 23.3 Å². The summed E-state index contributed by atoms with van der Waals surface area (Å²) in [5, 5.41) is 9.77. The number of nitrogens with two attached hydrogens (primary N) is 1. The molecule has 4 rings (SSSR count). The lowest BCUT2D eigenvalue weighted by molar-refractivity contribution is -0.128. The van der Waals surface area contributed by atoms with Gasteiger partial charge in [-0.2, -0.15) is 5.26 Å². The van der Waals surface area contributed by atoms with Crippen LogP contribution in [0.5, 0.6) is 0 Å². The van der Waals surface area contributed by atoms with Gasteiger partial charge in [0, 0.05) is 25.3 Å². The fraction of sp³-hybridized carbons (Fsp3) is 0.263. The van der Waals surface area contributed by atoms with E-state index in [1.807, 2.05) is 6.07 Å². The molecule has 1 spiro atoms. The molecule has 7 nitrogen and oxygen atoms in total. The fourth-order valence-electron chi connectivity index (χ4n) is 4.14. The number of Topliss-reactive ketones (excluding diaryl/α,β-unsaturated/α-hetero) is 1. The SMILES string of the molecule is CC(=O)N1C(=O)C2(C(C#N)=C(N)OC3=C2C(=O)CCC3)c2ccccc21. The van der Waals surface area contributed by atoms with E-state index >= 15 is 0 Å². The van der Waals surface area contributed by atoms with Gasteiger partial charge in [0.1, 0.15) is 22.8 Å². The molecule has 0 bridgehead atoms. The highest BCUT2D eigenvalue weighted by molar-refractivity contribution is 6.28.